The van der Waals surface area contributed by atoms with Crippen molar-refractivity contribution in [3.8, 4) is 5.75 Å². The van der Waals surface area contributed by atoms with Crippen molar-refractivity contribution in [3.05, 3.63) is 53.1 Å². The van der Waals surface area contributed by atoms with Crippen molar-refractivity contribution in [2.75, 3.05) is 24.9 Å². The normalized spacial score (nSPS) is 17.1. The lowest BCUT2D eigenvalue weighted by molar-refractivity contribution is 0.0474. The van der Waals surface area contributed by atoms with Gasteiger partial charge in [-0.1, -0.05) is 6.07 Å². The Kier molecular flexibility index (Phi) is 6.14. The van der Waals surface area contributed by atoms with Gasteiger partial charge in [-0.05, 0) is 68.1 Å². The van der Waals surface area contributed by atoms with Gasteiger partial charge < -0.3 is 14.7 Å². The second-order valence-corrected chi connectivity index (χ2v) is 8.94. The van der Waals surface area contributed by atoms with Crippen molar-refractivity contribution in [2.24, 2.45) is 0 Å². The molecule has 0 aromatic heterocycles. The van der Waals surface area contributed by atoms with E-state index < -0.39 is 16.1 Å². The predicted octanol–water partition coefficient (Wildman–Crippen LogP) is 2.71. The van der Waals surface area contributed by atoms with Gasteiger partial charge in [0.25, 0.3) is 15.9 Å². The van der Waals surface area contributed by atoms with Gasteiger partial charge in [0.1, 0.15) is 5.75 Å². The molecule has 8 heteroatoms. The van der Waals surface area contributed by atoms with E-state index in [1.165, 1.54) is 13.2 Å². The van der Waals surface area contributed by atoms with E-state index >= 15 is 0 Å². The standard InChI is InChI=1S/C21H26N2O5S/c1-14-10-19(28-3)11-15(2)20(14)29(26,27)22-17-7-4-6-16(12-17)21(25)23-9-5-8-18(24)13-23/h4,6-7,10-12,18,22,24H,5,8-9,13H2,1-3H3/t18-/m0/s1. The maximum atomic E-state index is 13.0. The molecule has 0 saturated carbocycles. The maximum absolute atomic E-state index is 13.0. The molecule has 1 atom stereocenters. The third kappa shape index (κ3) is 4.71. The number of methoxy groups -OCH3 is 1. The van der Waals surface area contributed by atoms with E-state index in [-0.39, 0.29) is 10.8 Å². The predicted molar refractivity (Wildman–Crippen MR) is 111 cm³/mol. The Morgan fingerprint density at radius 3 is 2.52 bits per heavy atom. The number of nitrogens with zero attached hydrogens (tertiary/aromatic N) is 1. The van der Waals surface area contributed by atoms with Crippen molar-refractivity contribution in [1.82, 2.24) is 4.90 Å². The van der Waals surface area contributed by atoms with Gasteiger partial charge in [-0.25, -0.2) is 8.42 Å². The number of anilines is 1. The summed E-state index contributed by atoms with van der Waals surface area (Å²) in [6, 6.07) is 9.75. The zero-order valence-corrected chi connectivity index (χ0v) is 17.6. The number of piperidine rings is 1. The molecule has 29 heavy (non-hydrogen) atoms. The lowest BCUT2D eigenvalue weighted by atomic mass is 10.1. The van der Waals surface area contributed by atoms with Gasteiger partial charge in [-0.3, -0.25) is 9.52 Å². The van der Waals surface area contributed by atoms with Crippen LogP contribution in [0.1, 0.15) is 34.3 Å². The average molecular weight is 419 g/mol. The minimum atomic E-state index is -3.85. The Balaban J connectivity index is 1.85. The summed E-state index contributed by atoms with van der Waals surface area (Å²) in [6.45, 7) is 4.30. The number of carbonyl (C=O) groups excluding carboxylic acids is 1. The second kappa shape index (κ2) is 8.42. The largest absolute Gasteiger partial charge is 0.497 e. The number of carbonyl (C=O) groups is 1. The number of aryl methyl sites for hydroxylation is 2. The fourth-order valence-corrected chi connectivity index (χ4v) is 5.20. The van der Waals surface area contributed by atoms with E-state index in [9.17, 15) is 18.3 Å². The summed E-state index contributed by atoms with van der Waals surface area (Å²) in [7, 11) is -2.31. The number of benzene rings is 2. The van der Waals surface area contributed by atoms with Crippen LogP contribution in [-0.4, -0.2) is 50.6 Å². The van der Waals surface area contributed by atoms with Gasteiger partial charge in [0, 0.05) is 24.3 Å². The molecule has 7 nitrogen and oxygen atoms in total. The van der Waals surface area contributed by atoms with Crippen molar-refractivity contribution in [1.29, 1.82) is 0 Å². The molecule has 1 saturated heterocycles. The summed E-state index contributed by atoms with van der Waals surface area (Å²) in [5.74, 6) is 0.372. The third-order valence-electron chi connectivity index (χ3n) is 4.98. The van der Waals surface area contributed by atoms with Crippen LogP contribution in [0.5, 0.6) is 5.75 Å². The summed E-state index contributed by atoms with van der Waals surface area (Å²) in [6.07, 6.45) is 0.912. The molecule has 0 spiro atoms. The van der Waals surface area contributed by atoms with Gasteiger partial charge in [0.05, 0.1) is 18.1 Å². The molecule has 1 amide bonds. The summed E-state index contributed by atoms with van der Waals surface area (Å²) in [5, 5.41) is 9.80. The molecule has 2 N–H and O–H groups in total. The van der Waals surface area contributed by atoms with E-state index in [0.29, 0.717) is 47.6 Å². The fourth-order valence-electron chi connectivity index (χ4n) is 3.70. The van der Waals surface area contributed by atoms with E-state index in [0.717, 1.165) is 6.42 Å². The Morgan fingerprint density at radius 2 is 1.90 bits per heavy atom. The monoisotopic (exact) mass is 418 g/mol. The van der Waals surface area contributed by atoms with Crippen LogP contribution in [0.25, 0.3) is 0 Å². The van der Waals surface area contributed by atoms with Gasteiger partial charge in [-0.2, -0.15) is 0 Å². The summed E-state index contributed by atoms with van der Waals surface area (Å²) in [5.41, 5.74) is 1.83. The molecule has 0 radical (unpaired) electrons. The molecule has 0 aliphatic carbocycles. The molecule has 1 aliphatic heterocycles. The summed E-state index contributed by atoms with van der Waals surface area (Å²) in [4.78, 5) is 14.5. The number of ether oxygens (including phenoxy) is 1. The fraction of sp³-hybridized carbons (Fsp3) is 0.381. The van der Waals surface area contributed by atoms with Gasteiger partial charge in [0.15, 0.2) is 0 Å². The van der Waals surface area contributed by atoms with Crippen molar-refractivity contribution >= 4 is 21.6 Å². The zero-order valence-electron chi connectivity index (χ0n) is 16.8. The first kappa shape index (κ1) is 21.1. The number of hydrogen-bond acceptors (Lipinski definition) is 5. The number of amides is 1. The van der Waals surface area contributed by atoms with Crippen LogP contribution in [0.4, 0.5) is 5.69 Å². The first-order chi connectivity index (χ1) is 13.7. The van der Waals surface area contributed by atoms with Crippen LogP contribution >= 0.6 is 0 Å². The summed E-state index contributed by atoms with van der Waals surface area (Å²) < 4.78 is 33.7. The first-order valence-electron chi connectivity index (χ1n) is 9.46. The number of likely N-dealkylation sites (tertiary alicyclic amines) is 1. The minimum absolute atomic E-state index is 0.189. The van der Waals surface area contributed by atoms with Crippen LogP contribution in [0.3, 0.4) is 0 Å². The Morgan fingerprint density at radius 1 is 1.21 bits per heavy atom. The number of nitrogens with one attached hydrogen (secondary N) is 1. The average Bonchev–Trinajstić information content (AvgIpc) is 2.66. The minimum Gasteiger partial charge on any atom is -0.497 e. The molecule has 0 unspecified atom stereocenters. The smallest absolute Gasteiger partial charge is 0.262 e. The van der Waals surface area contributed by atoms with E-state index in [2.05, 4.69) is 4.72 Å². The molecule has 1 heterocycles. The van der Waals surface area contributed by atoms with Crippen LogP contribution in [0, 0.1) is 13.8 Å². The number of β-amino-alcohol motifs (C(OH)–C–C–N with tert-alkyl or cyclic N) is 1. The number of aliphatic hydroxyl groups excluding tert-OH is 1. The van der Waals surface area contributed by atoms with Crippen molar-refractivity contribution < 1.29 is 23.1 Å². The number of rotatable bonds is 5. The molecule has 1 aliphatic rings. The molecule has 156 valence electrons. The van der Waals surface area contributed by atoms with E-state index in [1.807, 2.05) is 0 Å². The highest BCUT2D eigenvalue weighted by Gasteiger charge is 2.24. The molecular formula is C21H26N2O5S. The number of aliphatic hydroxyl groups is 1. The van der Waals surface area contributed by atoms with Crippen LogP contribution in [-0.2, 0) is 10.0 Å². The zero-order chi connectivity index (χ0) is 21.2. The van der Waals surface area contributed by atoms with Gasteiger partial charge in [0.2, 0.25) is 0 Å². The lowest BCUT2D eigenvalue weighted by Gasteiger charge is -2.30. The van der Waals surface area contributed by atoms with Crippen LogP contribution in [0.2, 0.25) is 0 Å². The number of sulfonamides is 1. The molecule has 1 fully saturated rings. The quantitative estimate of drug-likeness (QED) is 0.778. The first-order valence-corrected chi connectivity index (χ1v) is 10.9. The molecular weight excluding hydrogens is 392 g/mol. The Labute approximate surface area is 171 Å². The topological polar surface area (TPSA) is 95.9 Å². The lowest BCUT2D eigenvalue weighted by Crippen LogP contribution is -2.42. The highest BCUT2D eigenvalue weighted by molar-refractivity contribution is 7.92. The highest BCUT2D eigenvalue weighted by atomic mass is 32.2. The van der Waals surface area contributed by atoms with Crippen LogP contribution in [0.15, 0.2) is 41.3 Å². The second-order valence-electron chi connectivity index (χ2n) is 7.32. The highest BCUT2D eigenvalue weighted by Crippen LogP contribution is 2.28. The molecule has 2 aromatic carbocycles. The van der Waals surface area contributed by atoms with Crippen molar-refractivity contribution in [3.63, 3.8) is 0 Å². The van der Waals surface area contributed by atoms with E-state index in [1.54, 1.807) is 49.1 Å². The molecule has 2 aromatic rings. The SMILES string of the molecule is COc1cc(C)c(S(=O)(=O)Nc2cccc(C(=O)N3CCC[C@H](O)C3)c2)c(C)c1. The molecule has 3 rings (SSSR count). The Hall–Kier alpha value is -2.58. The van der Waals surface area contributed by atoms with Gasteiger partial charge >= 0.3 is 0 Å². The van der Waals surface area contributed by atoms with Crippen LogP contribution < -0.4 is 9.46 Å². The van der Waals surface area contributed by atoms with Gasteiger partial charge in [-0.15, -0.1) is 0 Å². The van der Waals surface area contributed by atoms with E-state index in [4.69, 9.17) is 4.74 Å². The third-order valence-corrected chi connectivity index (χ3v) is 6.67. The maximum Gasteiger partial charge on any atom is 0.262 e. The van der Waals surface area contributed by atoms with Crippen molar-refractivity contribution in [2.45, 2.75) is 37.7 Å². The molecule has 0 bridgehead atoms. The number of hydrogen-bond donors (Lipinski definition) is 2. The Bertz CT molecular complexity index is 996. The summed E-state index contributed by atoms with van der Waals surface area (Å²) >= 11 is 0.